The minimum atomic E-state index is -0.253. The van der Waals surface area contributed by atoms with Crippen molar-refractivity contribution < 1.29 is 14.3 Å². The fraction of sp³-hybridized carbons (Fsp3) is 0.609. The summed E-state index contributed by atoms with van der Waals surface area (Å²) in [5.41, 5.74) is 3.18. The van der Waals surface area contributed by atoms with E-state index in [1.165, 1.54) is 0 Å². The maximum absolute atomic E-state index is 12.9. The van der Waals surface area contributed by atoms with Crippen LogP contribution in [0.1, 0.15) is 42.6 Å². The molecule has 3 heterocycles. The average molecular weight is 413 g/mol. The van der Waals surface area contributed by atoms with Gasteiger partial charge in [0.1, 0.15) is 11.6 Å². The maximum Gasteiger partial charge on any atom is 0.264 e. The number of piperidine rings is 1. The van der Waals surface area contributed by atoms with Crippen LogP contribution < -0.4 is 0 Å². The highest BCUT2D eigenvalue weighted by Gasteiger charge is 2.29. The zero-order chi connectivity index (χ0) is 21.8. The molecule has 0 saturated carbocycles. The lowest BCUT2D eigenvalue weighted by molar-refractivity contribution is -0.137. The Morgan fingerprint density at radius 2 is 1.97 bits per heavy atom. The van der Waals surface area contributed by atoms with Gasteiger partial charge in [-0.3, -0.25) is 9.59 Å². The molecule has 0 bridgehead atoms. The molecular weight excluding hydrogens is 380 g/mol. The van der Waals surface area contributed by atoms with Crippen LogP contribution in [0.25, 0.3) is 6.08 Å². The number of carbonyl (C=O) groups excluding carboxylic acids is 2. The lowest BCUT2D eigenvalue weighted by atomic mass is 9.95. The van der Waals surface area contributed by atoms with Crippen molar-refractivity contribution in [1.29, 1.82) is 5.26 Å². The van der Waals surface area contributed by atoms with E-state index < -0.39 is 0 Å². The number of hydrogen-bond acceptors (Lipinski definition) is 4. The summed E-state index contributed by atoms with van der Waals surface area (Å²) >= 11 is 0. The van der Waals surface area contributed by atoms with Crippen molar-refractivity contribution in [3.8, 4) is 6.07 Å². The van der Waals surface area contributed by atoms with Crippen LogP contribution in [0.15, 0.2) is 11.6 Å². The molecule has 3 rings (SSSR count). The summed E-state index contributed by atoms with van der Waals surface area (Å²) in [6.07, 6.45) is 5.37. The number of rotatable bonds is 5. The Hall–Kier alpha value is -2.59. The van der Waals surface area contributed by atoms with Gasteiger partial charge in [-0.15, -0.1) is 0 Å². The van der Waals surface area contributed by atoms with E-state index >= 15 is 0 Å². The van der Waals surface area contributed by atoms with Gasteiger partial charge in [0, 0.05) is 57.6 Å². The summed E-state index contributed by atoms with van der Waals surface area (Å²) in [4.78, 5) is 28.4. The summed E-state index contributed by atoms with van der Waals surface area (Å²) in [5, 5.41) is 9.64. The number of likely N-dealkylation sites (tertiary alicyclic amines) is 1. The van der Waals surface area contributed by atoms with E-state index in [0.29, 0.717) is 25.9 Å². The Kier molecular flexibility index (Phi) is 6.99. The number of aromatic nitrogens is 1. The van der Waals surface area contributed by atoms with Gasteiger partial charge in [-0.05, 0) is 57.2 Å². The average Bonchev–Trinajstić information content (AvgIpc) is 3.35. The second-order valence-electron chi connectivity index (χ2n) is 8.54. The molecule has 1 aromatic rings. The van der Waals surface area contributed by atoms with Crippen LogP contribution in [0.5, 0.6) is 0 Å². The van der Waals surface area contributed by atoms with Crippen molar-refractivity contribution in [2.24, 2.45) is 5.92 Å². The van der Waals surface area contributed by atoms with Crippen LogP contribution in [0.2, 0.25) is 0 Å². The summed E-state index contributed by atoms with van der Waals surface area (Å²) < 4.78 is 7.97. The smallest absolute Gasteiger partial charge is 0.264 e. The van der Waals surface area contributed by atoms with Crippen LogP contribution in [0.3, 0.4) is 0 Å². The molecule has 7 heteroatoms. The van der Waals surface area contributed by atoms with Gasteiger partial charge in [0.15, 0.2) is 0 Å². The fourth-order valence-electron chi connectivity index (χ4n) is 4.41. The highest BCUT2D eigenvalue weighted by Crippen LogP contribution is 2.24. The highest BCUT2D eigenvalue weighted by molar-refractivity contribution is 6.02. The third-order valence-corrected chi connectivity index (χ3v) is 6.25. The summed E-state index contributed by atoms with van der Waals surface area (Å²) in [6, 6.07) is 4.11. The van der Waals surface area contributed by atoms with Gasteiger partial charge in [0.2, 0.25) is 5.91 Å². The summed E-state index contributed by atoms with van der Waals surface area (Å²) in [7, 11) is 3.51. The molecule has 0 spiro atoms. The standard InChI is InChI=1S/C23H32N4O3/c1-16-12-19(17(2)27(16)15-21-6-5-11-30-21)13-20(14-24)23(29)26-9-7-18(8-10-26)22(28)25(3)4/h12-13,18,21H,5-11,15H2,1-4H3/b20-13-. The van der Waals surface area contributed by atoms with Gasteiger partial charge < -0.3 is 19.1 Å². The molecule has 1 unspecified atom stereocenters. The molecule has 7 nitrogen and oxygen atoms in total. The topological polar surface area (TPSA) is 78.6 Å². The van der Waals surface area contributed by atoms with Gasteiger partial charge in [-0.25, -0.2) is 0 Å². The quantitative estimate of drug-likeness (QED) is 0.550. The zero-order valence-corrected chi connectivity index (χ0v) is 18.5. The van der Waals surface area contributed by atoms with Gasteiger partial charge >= 0.3 is 0 Å². The van der Waals surface area contributed by atoms with Crippen LogP contribution in [0, 0.1) is 31.1 Å². The number of nitriles is 1. The first kappa shape index (κ1) is 22.1. The van der Waals surface area contributed by atoms with Crippen molar-refractivity contribution in [3.05, 3.63) is 28.6 Å². The van der Waals surface area contributed by atoms with Crippen LogP contribution in [-0.4, -0.2) is 66.1 Å². The minimum Gasteiger partial charge on any atom is -0.376 e. The SMILES string of the molecule is Cc1cc(/C=C(/C#N)C(=O)N2CCC(C(=O)N(C)C)CC2)c(C)n1CC1CCCO1. The molecule has 2 fully saturated rings. The van der Waals surface area contributed by atoms with E-state index in [1.54, 1.807) is 30.0 Å². The first-order chi connectivity index (χ1) is 14.3. The normalized spacial score (nSPS) is 20.3. The Balaban J connectivity index is 1.71. The number of nitrogens with zero attached hydrogens (tertiary/aromatic N) is 4. The molecule has 0 aliphatic carbocycles. The lowest BCUT2D eigenvalue weighted by Gasteiger charge is -2.32. The van der Waals surface area contributed by atoms with Gasteiger partial charge in [0.25, 0.3) is 5.91 Å². The number of aryl methyl sites for hydroxylation is 1. The summed E-state index contributed by atoms with van der Waals surface area (Å²) in [5.74, 6) is -0.190. The Bertz CT molecular complexity index is 864. The van der Waals surface area contributed by atoms with Crippen molar-refractivity contribution in [2.45, 2.75) is 52.2 Å². The monoisotopic (exact) mass is 412 g/mol. The van der Waals surface area contributed by atoms with Crippen LogP contribution in [-0.2, 0) is 20.9 Å². The summed E-state index contributed by atoms with van der Waals surface area (Å²) in [6.45, 7) is 6.68. The number of hydrogen-bond donors (Lipinski definition) is 0. The van der Waals surface area contributed by atoms with Gasteiger partial charge in [0.05, 0.1) is 6.10 Å². The number of amides is 2. The van der Waals surface area contributed by atoms with Crippen molar-refractivity contribution in [3.63, 3.8) is 0 Å². The van der Waals surface area contributed by atoms with E-state index in [0.717, 1.165) is 42.9 Å². The minimum absolute atomic E-state index is 0.0460. The fourth-order valence-corrected chi connectivity index (χ4v) is 4.41. The largest absolute Gasteiger partial charge is 0.376 e. The molecule has 0 radical (unpaired) electrons. The first-order valence-electron chi connectivity index (χ1n) is 10.7. The van der Waals surface area contributed by atoms with Crippen LogP contribution in [0.4, 0.5) is 0 Å². The first-order valence-corrected chi connectivity index (χ1v) is 10.7. The Morgan fingerprint density at radius 1 is 1.27 bits per heavy atom. The molecule has 0 aromatic carbocycles. The molecule has 2 saturated heterocycles. The molecule has 1 aromatic heterocycles. The van der Waals surface area contributed by atoms with E-state index in [9.17, 15) is 14.9 Å². The van der Waals surface area contributed by atoms with E-state index in [-0.39, 0.29) is 29.4 Å². The predicted octanol–water partition coefficient (Wildman–Crippen LogP) is 2.52. The number of carbonyl (C=O) groups is 2. The third-order valence-electron chi connectivity index (χ3n) is 6.25. The van der Waals surface area contributed by atoms with Gasteiger partial charge in [-0.1, -0.05) is 0 Å². The van der Waals surface area contributed by atoms with Crippen molar-refractivity contribution in [1.82, 2.24) is 14.4 Å². The molecule has 162 valence electrons. The molecule has 2 amide bonds. The maximum atomic E-state index is 12.9. The van der Waals surface area contributed by atoms with Crippen molar-refractivity contribution in [2.75, 3.05) is 33.8 Å². The molecular formula is C23H32N4O3. The molecule has 1 atom stereocenters. The predicted molar refractivity (Wildman–Crippen MR) is 114 cm³/mol. The van der Waals surface area contributed by atoms with E-state index in [1.807, 2.05) is 19.9 Å². The Morgan fingerprint density at radius 3 is 2.53 bits per heavy atom. The third kappa shape index (κ3) is 4.76. The second-order valence-corrected chi connectivity index (χ2v) is 8.54. The molecule has 2 aliphatic rings. The highest BCUT2D eigenvalue weighted by atomic mass is 16.5. The Labute approximate surface area is 178 Å². The van der Waals surface area contributed by atoms with Crippen LogP contribution >= 0.6 is 0 Å². The van der Waals surface area contributed by atoms with E-state index in [4.69, 9.17) is 4.74 Å². The van der Waals surface area contributed by atoms with Gasteiger partial charge in [-0.2, -0.15) is 5.26 Å². The molecule has 2 aliphatic heterocycles. The molecule has 0 N–H and O–H groups in total. The van der Waals surface area contributed by atoms with E-state index in [2.05, 4.69) is 10.6 Å². The van der Waals surface area contributed by atoms with Crippen molar-refractivity contribution >= 4 is 17.9 Å². The lowest BCUT2D eigenvalue weighted by Crippen LogP contribution is -2.43. The zero-order valence-electron chi connectivity index (χ0n) is 18.5. The second kappa shape index (κ2) is 9.48. The molecule has 30 heavy (non-hydrogen) atoms. The number of ether oxygens (including phenoxy) is 1.